The Morgan fingerprint density at radius 3 is 2.71 bits per heavy atom. The van der Waals surface area contributed by atoms with Gasteiger partial charge in [-0.15, -0.1) is 0 Å². The minimum absolute atomic E-state index is 0.279. The van der Waals surface area contributed by atoms with Crippen LogP contribution in [0, 0.1) is 0 Å². The molecule has 0 saturated carbocycles. The minimum Gasteiger partial charge on any atom is -0.493 e. The zero-order chi connectivity index (χ0) is 15.4. The molecular formula is C13H11NO6S. The van der Waals surface area contributed by atoms with Crippen molar-refractivity contribution in [2.45, 2.75) is 0 Å². The van der Waals surface area contributed by atoms with E-state index >= 15 is 0 Å². The molecule has 0 spiro atoms. The number of ether oxygens (including phenoxy) is 2. The zero-order valence-electron chi connectivity index (χ0n) is 10.9. The monoisotopic (exact) mass is 309 g/mol. The summed E-state index contributed by atoms with van der Waals surface area (Å²) in [4.78, 5) is 33.3. The highest BCUT2D eigenvalue weighted by molar-refractivity contribution is 8.18. The lowest BCUT2D eigenvalue weighted by Gasteiger charge is -2.09. The highest BCUT2D eigenvalue weighted by Gasteiger charge is 2.25. The maximum absolute atomic E-state index is 11.4. The zero-order valence-corrected chi connectivity index (χ0v) is 11.7. The molecule has 0 unspecified atom stereocenters. The van der Waals surface area contributed by atoms with Crippen molar-refractivity contribution in [3.05, 3.63) is 28.7 Å². The summed E-state index contributed by atoms with van der Waals surface area (Å²) in [7, 11) is 1.42. The predicted molar refractivity (Wildman–Crippen MR) is 75.2 cm³/mol. The standard InChI is InChI=1S/C13H11NO6S/c1-19-9-4-7(2-3-8(9)20-6-11(15)16)5-10-12(17)14-13(18)21-10/h2-5H,6H2,1H3,(H,15,16)(H,14,17,18)/b10-5-. The van der Waals surface area contributed by atoms with E-state index < -0.39 is 23.7 Å². The largest absolute Gasteiger partial charge is 0.493 e. The van der Waals surface area contributed by atoms with Crippen LogP contribution >= 0.6 is 11.8 Å². The van der Waals surface area contributed by atoms with E-state index in [1.807, 2.05) is 0 Å². The van der Waals surface area contributed by atoms with Crippen LogP contribution in [0.5, 0.6) is 11.5 Å². The second-order valence-corrected chi connectivity index (χ2v) is 4.96. The second-order valence-electron chi connectivity index (χ2n) is 3.94. The Labute approximate surface area is 123 Å². The van der Waals surface area contributed by atoms with Gasteiger partial charge in [0.2, 0.25) is 0 Å². The fourth-order valence-corrected chi connectivity index (χ4v) is 2.29. The minimum atomic E-state index is -1.10. The van der Waals surface area contributed by atoms with Crippen LogP contribution in [0.25, 0.3) is 6.08 Å². The molecule has 8 heteroatoms. The number of hydrogen-bond acceptors (Lipinski definition) is 6. The number of benzene rings is 1. The lowest BCUT2D eigenvalue weighted by Crippen LogP contribution is -2.17. The van der Waals surface area contributed by atoms with Crippen LogP contribution in [0.15, 0.2) is 23.1 Å². The predicted octanol–water partition coefficient (Wildman–Crippen LogP) is 1.48. The van der Waals surface area contributed by atoms with Gasteiger partial charge >= 0.3 is 5.97 Å². The molecule has 110 valence electrons. The van der Waals surface area contributed by atoms with Gasteiger partial charge in [-0.1, -0.05) is 6.07 Å². The fraction of sp³-hybridized carbons (Fsp3) is 0.154. The normalized spacial score (nSPS) is 16.0. The molecule has 1 aliphatic rings. The number of carbonyl (C=O) groups excluding carboxylic acids is 2. The van der Waals surface area contributed by atoms with E-state index in [0.29, 0.717) is 11.3 Å². The number of carbonyl (C=O) groups is 3. The highest BCUT2D eigenvalue weighted by atomic mass is 32.2. The number of amides is 2. The van der Waals surface area contributed by atoms with Gasteiger partial charge in [-0.25, -0.2) is 4.79 Å². The number of imide groups is 1. The number of aliphatic carboxylic acids is 1. The summed E-state index contributed by atoms with van der Waals surface area (Å²) in [6.07, 6.45) is 1.54. The average molecular weight is 309 g/mol. The van der Waals surface area contributed by atoms with E-state index in [0.717, 1.165) is 11.8 Å². The molecule has 2 amide bonds. The summed E-state index contributed by atoms with van der Waals surface area (Å²) in [6, 6.07) is 4.75. The number of nitrogens with one attached hydrogen (secondary N) is 1. The Balaban J connectivity index is 2.23. The summed E-state index contributed by atoms with van der Waals surface area (Å²) in [5, 5.41) is 10.3. The molecule has 1 fully saturated rings. The molecule has 7 nitrogen and oxygen atoms in total. The van der Waals surface area contributed by atoms with Crippen LogP contribution in [0.1, 0.15) is 5.56 Å². The third-order valence-electron chi connectivity index (χ3n) is 2.48. The van der Waals surface area contributed by atoms with Crippen molar-refractivity contribution in [2.75, 3.05) is 13.7 Å². The van der Waals surface area contributed by atoms with Crippen LogP contribution in [0.3, 0.4) is 0 Å². The first-order valence-electron chi connectivity index (χ1n) is 5.77. The molecule has 2 N–H and O–H groups in total. The molecule has 1 aliphatic heterocycles. The van der Waals surface area contributed by atoms with Gasteiger partial charge in [-0.2, -0.15) is 0 Å². The van der Waals surface area contributed by atoms with Crippen molar-refractivity contribution in [2.24, 2.45) is 0 Å². The van der Waals surface area contributed by atoms with Gasteiger partial charge in [0, 0.05) is 0 Å². The molecule has 21 heavy (non-hydrogen) atoms. The Bertz CT molecular complexity index is 640. The average Bonchev–Trinajstić information content (AvgIpc) is 2.75. The van der Waals surface area contributed by atoms with E-state index in [9.17, 15) is 14.4 Å². The van der Waals surface area contributed by atoms with Gasteiger partial charge in [0.25, 0.3) is 11.1 Å². The number of carboxylic acid groups (broad SMARTS) is 1. The number of thioether (sulfide) groups is 1. The summed E-state index contributed by atoms with van der Waals surface area (Å²) < 4.78 is 10.2. The quantitative estimate of drug-likeness (QED) is 0.794. The number of methoxy groups -OCH3 is 1. The maximum Gasteiger partial charge on any atom is 0.341 e. The lowest BCUT2D eigenvalue weighted by atomic mass is 10.2. The summed E-state index contributed by atoms with van der Waals surface area (Å²) in [6.45, 7) is -0.483. The SMILES string of the molecule is COc1cc(/C=C2\SC(=O)NC2=O)ccc1OCC(=O)O. The van der Waals surface area contributed by atoms with Crippen LogP contribution in [-0.4, -0.2) is 35.9 Å². The molecule has 0 aliphatic carbocycles. The Morgan fingerprint density at radius 1 is 1.38 bits per heavy atom. The summed E-state index contributed by atoms with van der Waals surface area (Å²) in [5.41, 5.74) is 0.627. The molecule has 1 heterocycles. The highest BCUT2D eigenvalue weighted by Crippen LogP contribution is 2.31. The third-order valence-corrected chi connectivity index (χ3v) is 3.29. The van der Waals surface area contributed by atoms with Gasteiger partial charge in [0.1, 0.15) is 0 Å². The molecule has 1 aromatic rings. The molecule has 2 rings (SSSR count). The van der Waals surface area contributed by atoms with Gasteiger partial charge in [-0.3, -0.25) is 14.9 Å². The van der Waals surface area contributed by atoms with Gasteiger partial charge in [0.05, 0.1) is 12.0 Å². The Morgan fingerprint density at radius 2 is 2.14 bits per heavy atom. The van der Waals surface area contributed by atoms with E-state index in [1.165, 1.54) is 19.3 Å². The number of hydrogen-bond donors (Lipinski definition) is 2. The van der Waals surface area contributed by atoms with E-state index in [-0.39, 0.29) is 10.7 Å². The van der Waals surface area contributed by atoms with E-state index in [1.54, 1.807) is 12.1 Å². The first-order valence-corrected chi connectivity index (χ1v) is 6.58. The first kappa shape index (κ1) is 14.9. The van der Waals surface area contributed by atoms with Gasteiger partial charge < -0.3 is 14.6 Å². The van der Waals surface area contributed by atoms with Crippen molar-refractivity contribution in [3.8, 4) is 11.5 Å². The number of carboxylic acids is 1. The first-order chi connectivity index (χ1) is 9.99. The van der Waals surface area contributed by atoms with Crippen molar-refractivity contribution in [1.82, 2.24) is 5.32 Å². The van der Waals surface area contributed by atoms with Crippen LogP contribution < -0.4 is 14.8 Å². The lowest BCUT2D eigenvalue weighted by molar-refractivity contribution is -0.139. The van der Waals surface area contributed by atoms with Crippen molar-refractivity contribution in [3.63, 3.8) is 0 Å². The van der Waals surface area contributed by atoms with Crippen molar-refractivity contribution >= 4 is 35.0 Å². The van der Waals surface area contributed by atoms with Crippen LogP contribution in [0.4, 0.5) is 4.79 Å². The summed E-state index contributed by atoms with van der Waals surface area (Å²) >= 11 is 0.812. The smallest absolute Gasteiger partial charge is 0.341 e. The van der Waals surface area contributed by atoms with Crippen LogP contribution in [0.2, 0.25) is 0 Å². The number of rotatable bonds is 5. The molecular weight excluding hydrogens is 298 g/mol. The molecule has 0 radical (unpaired) electrons. The molecule has 1 saturated heterocycles. The maximum atomic E-state index is 11.4. The second kappa shape index (κ2) is 6.31. The third kappa shape index (κ3) is 3.76. The van der Waals surface area contributed by atoms with E-state index in [2.05, 4.69) is 5.32 Å². The fourth-order valence-electron chi connectivity index (χ4n) is 1.61. The van der Waals surface area contributed by atoms with Crippen molar-refractivity contribution < 1.29 is 29.0 Å². The van der Waals surface area contributed by atoms with Gasteiger partial charge in [-0.05, 0) is 35.5 Å². The van der Waals surface area contributed by atoms with Crippen LogP contribution in [-0.2, 0) is 9.59 Å². The van der Waals surface area contributed by atoms with Crippen molar-refractivity contribution in [1.29, 1.82) is 0 Å². The Hall–Kier alpha value is -2.48. The summed E-state index contributed by atoms with van der Waals surface area (Å²) in [5.74, 6) is -0.932. The molecule has 0 atom stereocenters. The Kier molecular flexibility index (Phi) is 4.49. The molecule has 0 aromatic heterocycles. The van der Waals surface area contributed by atoms with Gasteiger partial charge in [0.15, 0.2) is 18.1 Å². The van der Waals surface area contributed by atoms with E-state index in [4.69, 9.17) is 14.6 Å². The molecule has 1 aromatic carbocycles. The topological polar surface area (TPSA) is 102 Å². The molecule has 0 bridgehead atoms.